The molecule has 1 aliphatic heterocycles. The van der Waals surface area contributed by atoms with E-state index in [1.165, 1.54) is 6.92 Å². The topological polar surface area (TPSA) is 84.0 Å². The van der Waals surface area contributed by atoms with Gasteiger partial charge in [0, 0.05) is 13.5 Å². The first-order valence-corrected chi connectivity index (χ1v) is 12.2. The highest BCUT2D eigenvalue weighted by Gasteiger charge is 2.34. The van der Waals surface area contributed by atoms with Crippen molar-refractivity contribution in [3.8, 4) is 11.1 Å². The lowest BCUT2D eigenvalue weighted by Gasteiger charge is -2.40. The molecule has 0 radical (unpaired) electrons. The molecule has 7 nitrogen and oxygen atoms in total. The predicted molar refractivity (Wildman–Crippen MR) is 126 cm³/mol. The molecule has 1 atom stereocenters. The SMILES string of the molecule is CC(=O)N1c2ccc(-c3ccc(S(=O)(=O)C(C)C)cc3)cc2N(C(=O)OC(C)C)C[C@@H]1C. The van der Waals surface area contributed by atoms with Crippen molar-refractivity contribution in [2.24, 2.45) is 0 Å². The molecular weight excluding hydrogens is 428 g/mol. The van der Waals surface area contributed by atoms with Crippen LogP contribution in [-0.2, 0) is 19.4 Å². The van der Waals surface area contributed by atoms with E-state index in [9.17, 15) is 18.0 Å². The number of hydrogen-bond donors (Lipinski definition) is 0. The largest absolute Gasteiger partial charge is 0.446 e. The zero-order valence-electron chi connectivity index (χ0n) is 19.3. The molecule has 0 spiro atoms. The molecule has 1 aliphatic rings. The molecule has 1 heterocycles. The van der Waals surface area contributed by atoms with Gasteiger partial charge in [0.1, 0.15) is 0 Å². The van der Waals surface area contributed by atoms with Crippen LogP contribution < -0.4 is 9.80 Å². The summed E-state index contributed by atoms with van der Waals surface area (Å²) in [6.45, 7) is 10.6. The van der Waals surface area contributed by atoms with Crippen LogP contribution in [0.5, 0.6) is 0 Å². The highest BCUT2D eigenvalue weighted by molar-refractivity contribution is 7.92. The monoisotopic (exact) mass is 458 g/mol. The number of rotatable bonds is 4. The van der Waals surface area contributed by atoms with Crippen LogP contribution in [0.2, 0.25) is 0 Å². The van der Waals surface area contributed by atoms with Crippen LogP contribution in [-0.4, -0.2) is 44.4 Å². The molecule has 0 saturated carbocycles. The Morgan fingerprint density at radius 2 is 1.56 bits per heavy atom. The van der Waals surface area contributed by atoms with Crippen LogP contribution in [0.25, 0.3) is 11.1 Å². The van der Waals surface area contributed by atoms with Crippen molar-refractivity contribution in [1.82, 2.24) is 0 Å². The Bertz CT molecular complexity index is 1120. The number of sulfone groups is 1. The molecule has 0 saturated heterocycles. The molecule has 8 heteroatoms. The lowest BCUT2D eigenvalue weighted by atomic mass is 10.0. The molecule has 0 N–H and O–H groups in total. The Balaban J connectivity index is 2.06. The van der Waals surface area contributed by atoms with E-state index in [1.807, 2.05) is 25.1 Å². The quantitative estimate of drug-likeness (QED) is 0.666. The number of nitrogens with zero attached hydrogens (tertiary/aromatic N) is 2. The Labute approximate surface area is 189 Å². The van der Waals surface area contributed by atoms with E-state index in [-0.39, 0.29) is 22.9 Å². The minimum Gasteiger partial charge on any atom is -0.446 e. The molecular formula is C24H30N2O5S. The highest BCUT2D eigenvalue weighted by atomic mass is 32.2. The Hall–Kier alpha value is -2.87. The van der Waals surface area contributed by atoms with E-state index >= 15 is 0 Å². The number of anilines is 2. The van der Waals surface area contributed by atoms with E-state index < -0.39 is 21.2 Å². The molecule has 0 bridgehead atoms. The van der Waals surface area contributed by atoms with E-state index in [4.69, 9.17) is 4.74 Å². The first kappa shape index (κ1) is 23.8. The fraction of sp³-hybridized carbons (Fsp3) is 0.417. The van der Waals surface area contributed by atoms with Crippen molar-refractivity contribution in [3.05, 3.63) is 42.5 Å². The van der Waals surface area contributed by atoms with Crippen molar-refractivity contribution in [3.63, 3.8) is 0 Å². The molecule has 0 aromatic heterocycles. The summed E-state index contributed by atoms with van der Waals surface area (Å²) in [6.07, 6.45) is -0.738. The van der Waals surface area contributed by atoms with Gasteiger partial charge in [0.05, 0.1) is 33.7 Å². The molecule has 0 fully saturated rings. The van der Waals surface area contributed by atoms with Crippen molar-refractivity contribution in [2.45, 2.75) is 63.8 Å². The van der Waals surface area contributed by atoms with Crippen molar-refractivity contribution in [1.29, 1.82) is 0 Å². The van der Waals surface area contributed by atoms with Crippen LogP contribution in [0.15, 0.2) is 47.4 Å². The van der Waals surface area contributed by atoms with Crippen LogP contribution in [0.3, 0.4) is 0 Å². The minimum absolute atomic E-state index is 0.105. The third-order valence-electron chi connectivity index (χ3n) is 5.45. The fourth-order valence-electron chi connectivity index (χ4n) is 3.83. The van der Waals surface area contributed by atoms with Gasteiger partial charge in [-0.1, -0.05) is 18.2 Å². The molecule has 2 aromatic rings. The van der Waals surface area contributed by atoms with Gasteiger partial charge >= 0.3 is 6.09 Å². The van der Waals surface area contributed by atoms with E-state index in [0.29, 0.717) is 17.9 Å². The number of benzene rings is 2. The Kier molecular flexibility index (Phi) is 6.64. The number of hydrogen-bond acceptors (Lipinski definition) is 5. The maximum Gasteiger partial charge on any atom is 0.414 e. The molecule has 32 heavy (non-hydrogen) atoms. The Morgan fingerprint density at radius 1 is 0.969 bits per heavy atom. The number of carbonyl (C=O) groups is 2. The number of amides is 2. The maximum absolute atomic E-state index is 12.8. The number of ether oxygens (including phenoxy) is 1. The predicted octanol–water partition coefficient (Wildman–Crippen LogP) is 4.64. The van der Waals surface area contributed by atoms with Crippen LogP contribution >= 0.6 is 0 Å². The molecule has 0 unspecified atom stereocenters. The summed E-state index contributed by atoms with van der Waals surface area (Å²) in [5.74, 6) is -0.105. The van der Waals surface area contributed by atoms with Gasteiger partial charge in [0.25, 0.3) is 0 Å². The third-order valence-corrected chi connectivity index (χ3v) is 7.62. The number of fused-ring (bicyclic) bond motifs is 1. The highest BCUT2D eigenvalue weighted by Crippen LogP contribution is 2.39. The Morgan fingerprint density at radius 3 is 2.09 bits per heavy atom. The van der Waals surface area contributed by atoms with E-state index in [1.54, 1.807) is 61.8 Å². The summed E-state index contributed by atoms with van der Waals surface area (Å²) < 4.78 is 30.3. The van der Waals surface area contributed by atoms with Gasteiger partial charge in [-0.15, -0.1) is 0 Å². The molecule has 172 valence electrons. The maximum atomic E-state index is 12.8. The summed E-state index contributed by atoms with van der Waals surface area (Å²) in [6, 6.07) is 12.0. The molecule has 2 amide bonds. The van der Waals surface area contributed by atoms with E-state index in [2.05, 4.69) is 0 Å². The average molecular weight is 459 g/mol. The van der Waals surface area contributed by atoms with Crippen LogP contribution in [0, 0.1) is 0 Å². The summed E-state index contributed by atoms with van der Waals surface area (Å²) in [4.78, 5) is 28.6. The van der Waals surface area contributed by atoms with E-state index in [0.717, 1.165) is 11.1 Å². The third kappa shape index (κ3) is 4.50. The average Bonchev–Trinajstić information content (AvgIpc) is 2.72. The zero-order valence-corrected chi connectivity index (χ0v) is 20.1. The molecule has 3 rings (SSSR count). The van der Waals surface area contributed by atoms with Gasteiger partial charge in [-0.3, -0.25) is 9.69 Å². The summed E-state index contributed by atoms with van der Waals surface area (Å²) in [7, 11) is -3.36. The van der Waals surface area contributed by atoms with Gasteiger partial charge in [0.2, 0.25) is 5.91 Å². The van der Waals surface area contributed by atoms with Gasteiger partial charge in [-0.2, -0.15) is 0 Å². The van der Waals surface area contributed by atoms with Crippen molar-refractivity contribution >= 4 is 33.2 Å². The van der Waals surface area contributed by atoms with Crippen molar-refractivity contribution in [2.75, 3.05) is 16.3 Å². The lowest BCUT2D eigenvalue weighted by Crippen LogP contribution is -2.51. The van der Waals surface area contributed by atoms with Crippen LogP contribution in [0.1, 0.15) is 41.5 Å². The summed E-state index contributed by atoms with van der Waals surface area (Å²) >= 11 is 0. The van der Waals surface area contributed by atoms with Gasteiger partial charge in [-0.05, 0) is 70.0 Å². The van der Waals surface area contributed by atoms with Crippen molar-refractivity contribution < 1.29 is 22.7 Å². The first-order chi connectivity index (χ1) is 14.9. The second-order valence-corrected chi connectivity index (χ2v) is 11.1. The standard InChI is InChI=1S/C24H30N2O5S/c1-15(2)31-24(28)25-14-17(5)26(18(6)27)22-12-9-20(13-23(22)25)19-7-10-21(11-8-19)32(29,30)16(3)4/h7-13,15-17H,14H2,1-6H3/t17-/m0/s1. The van der Waals surface area contributed by atoms with Gasteiger partial charge in [-0.25, -0.2) is 13.2 Å². The minimum atomic E-state index is -3.36. The summed E-state index contributed by atoms with van der Waals surface area (Å²) in [5.41, 5.74) is 2.83. The zero-order chi connectivity index (χ0) is 23.8. The lowest BCUT2D eigenvalue weighted by molar-refractivity contribution is -0.117. The second-order valence-electron chi connectivity index (χ2n) is 8.60. The first-order valence-electron chi connectivity index (χ1n) is 10.7. The number of carbonyl (C=O) groups excluding carboxylic acids is 2. The fourth-order valence-corrected chi connectivity index (χ4v) is 4.89. The molecule has 0 aliphatic carbocycles. The second kappa shape index (κ2) is 8.94. The van der Waals surface area contributed by atoms with Gasteiger partial charge in [0.15, 0.2) is 9.84 Å². The van der Waals surface area contributed by atoms with Gasteiger partial charge < -0.3 is 9.64 Å². The molecule has 2 aromatic carbocycles. The summed E-state index contributed by atoms with van der Waals surface area (Å²) in [5, 5.41) is -0.503. The normalized spacial score (nSPS) is 16.3. The smallest absolute Gasteiger partial charge is 0.414 e. The van der Waals surface area contributed by atoms with Crippen LogP contribution in [0.4, 0.5) is 16.2 Å².